The van der Waals surface area contributed by atoms with Crippen LogP contribution in [0.25, 0.3) is 0 Å². The lowest BCUT2D eigenvalue weighted by atomic mass is 10.0. The van der Waals surface area contributed by atoms with Crippen LogP contribution < -0.4 is 15.4 Å². The Kier molecular flexibility index (Phi) is 4.04. The maximum atomic E-state index is 12.6. The zero-order chi connectivity index (χ0) is 16.6. The van der Waals surface area contributed by atoms with E-state index in [2.05, 4.69) is 26.6 Å². The first-order valence-corrected chi connectivity index (χ1v) is 7.93. The van der Waals surface area contributed by atoms with Crippen molar-refractivity contribution >= 4 is 50.7 Å². The van der Waals surface area contributed by atoms with Gasteiger partial charge >= 0.3 is 0 Å². The van der Waals surface area contributed by atoms with Crippen LogP contribution in [0.5, 0.6) is 5.75 Å². The minimum atomic E-state index is -1.69. The molecule has 1 heterocycles. The number of carbonyl (C=O) groups excluding carboxylic acids is 2. The number of para-hydroxylation sites is 2. The van der Waals surface area contributed by atoms with Gasteiger partial charge in [-0.25, -0.2) is 0 Å². The van der Waals surface area contributed by atoms with Crippen molar-refractivity contribution < 1.29 is 14.3 Å². The van der Waals surface area contributed by atoms with E-state index >= 15 is 0 Å². The molecule has 118 valence electrons. The van der Waals surface area contributed by atoms with E-state index in [9.17, 15) is 9.59 Å². The van der Waals surface area contributed by atoms with Crippen molar-refractivity contribution in [3.05, 3.63) is 52.0 Å². The van der Waals surface area contributed by atoms with Crippen molar-refractivity contribution in [2.75, 3.05) is 10.6 Å². The van der Waals surface area contributed by atoms with E-state index in [1.165, 1.54) is 6.92 Å². The molecule has 0 saturated carbocycles. The molecule has 1 aliphatic rings. The summed E-state index contributed by atoms with van der Waals surface area (Å²) in [5.41, 5.74) is -0.758. The Morgan fingerprint density at radius 3 is 2.78 bits per heavy atom. The zero-order valence-corrected chi connectivity index (χ0v) is 14.4. The van der Waals surface area contributed by atoms with E-state index in [1.54, 1.807) is 42.5 Å². The number of amides is 2. The number of anilines is 2. The number of rotatable bonds is 2. The van der Waals surface area contributed by atoms with Crippen molar-refractivity contribution in [3.63, 3.8) is 0 Å². The van der Waals surface area contributed by atoms with Gasteiger partial charge in [0.05, 0.1) is 16.4 Å². The molecule has 2 aromatic carbocycles. The van der Waals surface area contributed by atoms with E-state index in [-0.39, 0.29) is 0 Å². The molecule has 1 atom stereocenters. The number of nitrogens with one attached hydrogen (secondary N) is 2. The second kappa shape index (κ2) is 5.86. The van der Waals surface area contributed by atoms with Crippen LogP contribution in [0.4, 0.5) is 11.4 Å². The van der Waals surface area contributed by atoms with Crippen LogP contribution in [0.1, 0.15) is 6.92 Å². The SMILES string of the molecule is CC1(C(=O)Nc2ccc(Br)cc2Cl)Oc2ccccc2NC1=O. The highest BCUT2D eigenvalue weighted by molar-refractivity contribution is 9.10. The minimum Gasteiger partial charge on any atom is -0.466 e. The van der Waals surface area contributed by atoms with Crippen molar-refractivity contribution in [3.8, 4) is 5.75 Å². The van der Waals surface area contributed by atoms with Gasteiger partial charge in [-0.3, -0.25) is 9.59 Å². The van der Waals surface area contributed by atoms with Gasteiger partial charge in [-0.2, -0.15) is 0 Å². The summed E-state index contributed by atoms with van der Waals surface area (Å²) in [4.78, 5) is 24.9. The maximum absolute atomic E-state index is 12.6. The lowest BCUT2D eigenvalue weighted by molar-refractivity contribution is -0.143. The molecule has 2 amide bonds. The van der Waals surface area contributed by atoms with E-state index in [1.807, 2.05) is 0 Å². The average Bonchev–Trinajstić information content (AvgIpc) is 2.51. The molecule has 0 bridgehead atoms. The van der Waals surface area contributed by atoms with Gasteiger partial charge in [-0.05, 0) is 37.3 Å². The van der Waals surface area contributed by atoms with Gasteiger partial charge < -0.3 is 15.4 Å². The summed E-state index contributed by atoms with van der Waals surface area (Å²) in [6, 6.07) is 12.0. The fraction of sp³-hybridized carbons (Fsp3) is 0.125. The predicted molar refractivity (Wildman–Crippen MR) is 91.9 cm³/mol. The van der Waals surface area contributed by atoms with E-state index < -0.39 is 17.4 Å². The monoisotopic (exact) mass is 394 g/mol. The van der Waals surface area contributed by atoms with E-state index in [0.29, 0.717) is 22.1 Å². The lowest BCUT2D eigenvalue weighted by Gasteiger charge is -2.33. The molecule has 0 aromatic heterocycles. The summed E-state index contributed by atoms with van der Waals surface area (Å²) in [7, 11) is 0. The van der Waals surface area contributed by atoms with Crippen LogP contribution in [0, 0.1) is 0 Å². The molecule has 23 heavy (non-hydrogen) atoms. The number of ether oxygens (including phenoxy) is 1. The zero-order valence-electron chi connectivity index (χ0n) is 12.0. The van der Waals surface area contributed by atoms with Gasteiger partial charge in [-0.1, -0.05) is 39.7 Å². The molecular weight excluding hydrogens is 384 g/mol. The molecule has 1 aliphatic heterocycles. The standard InChI is InChI=1S/C16H12BrClN2O3/c1-16(14(21)19-11-7-6-9(17)8-10(11)18)15(22)20-12-4-2-3-5-13(12)23-16/h2-8H,1H3,(H,19,21)(H,20,22). The quantitative estimate of drug-likeness (QED) is 0.759. The van der Waals surface area contributed by atoms with Crippen LogP contribution >= 0.6 is 27.5 Å². The Labute approximate surface area is 146 Å². The molecule has 0 saturated heterocycles. The van der Waals surface area contributed by atoms with E-state index in [0.717, 1.165) is 4.47 Å². The van der Waals surface area contributed by atoms with Crippen molar-refractivity contribution in [1.29, 1.82) is 0 Å². The average molecular weight is 396 g/mol. The highest BCUT2D eigenvalue weighted by atomic mass is 79.9. The summed E-state index contributed by atoms with van der Waals surface area (Å²) in [6.07, 6.45) is 0. The number of carbonyl (C=O) groups is 2. The molecule has 2 N–H and O–H groups in total. The highest BCUT2D eigenvalue weighted by Crippen LogP contribution is 2.34. The van der Waals surface area contributed by atoms with Crippen molar-refractivity contribution in [2.24, 2.45) is 0 Å². The predicted octanol–water partition coefficient (Wildman–Crippen LogP) is 3.83. The Bertz CT molecular complexity index is 812. The van der Waals surface area contributed by atoms with Crippen LogP contribution in [0.15, 0.2) is 46.9 Å². The van der Waals surface area contributed by atoms with Gasteiger partial charge in [-0.15, -0.1) is 0 Å². The molecular formula is C16H12BrClN2O3. The number of hydrogen-bond donors (Lipinski definition) is 2. The first-order chi connectivity index (χ1) is 10.9. The van der Waals surface area contributed by atoms with Crippen LogP contribution in [0.3, 0.4) is 0 Å². The largest absolute Gasteiger partial charge is 0.466 e. The second-order valence-corrected chi connectivity index (χ2v) is 6.49. The van der Waals surface area contributed by atoms with Crippen molar-refractivity contribution in [2.45, 2.75) is 12.5 Å². The van der Waals surface area contributed by atoms with Crippen LogP contribution in [-0.4, -0.2) is 17.4 Å². The van der Waals surface area contributed by atoms with Gasteiger partial charge in [0, 0.05) is 4.47 Å². The maximum Gasteiger partial charge on any atom is 0.278 e. The van der Waals surface area contributed by atoms with Gasteiger partial charge in [0.2, 0.25) is 0 Å². The molecule has 5 nitrogen and oxygen atoms in total. The highest BCUT2D eigenvalue weighted by Gasteiger charge is 2.47. The van der Waals surface area contributed by atoms with Gasteiger partial charge in [0.1, 0.15) is 5.75 Å². The lowest BCUT2D eigenvalue weighted by Crippen LogP contribution is -2.56. The van der Waals surface area contributed by atoms with Crippen LogP contribution in [0.2, 0.25) is 5.02 Å². The number of benzene rings is 2. The number of fused-ring (bicyclic) bond motifs is 1. The van der Waals surface area contributed by atoms with Gasteiger partial charge in [0.15, 0.2) is 0 Å². The molecule has 0 spiro atoms. The molecule has 0 radical (unpaired) electrons. The van der Waals surface area contributed by atoms with E-state index in [4.69, 9.17) is 16.3 Å². The molecule has 0 fully saturated rings. The Morgan fingerprint density at radius 2 is 2.04 bits per heavy atom. The molecule has 2 aromatic rings. The third-order valence-corrected chi connectivity index (χ3v) is 4.30. The van der Waals surface area contributed by atoms with Crippen LogP contribution in [-0.2, 0) is 9.59 Å². The first-order valence-electron chi connectivity index (χ1n) is 6.76. The smallest absolute Gasteiger partial charge is 0.278 e. The molecule has 3 rings (SSSR count). The minimum absolute atomic E-state index is 0.355. The Hall–Kier alpha value is -2.05. The number of hydrogen-bond acceptors (Lipinski definition) is 3. The summed E-state index contributed by atoms with van der Waals surface area (Å²) in [5, 5.41) is 5.66. The summed E-state index contributed by atoms with van der Waals surface area (Å²) >= 11 is 9.38. The topological polar surface area (TPSA) is 67.4 Å². The normalized spacial score (nSPS) is 19.3. The Balaban J connectivity index is 1.88. The fourth-order valence-electron chi connectivity index (χ4n) is 2.15. The third kappa shape index (κ3) is 2.92. The second-order valence-electron chi connectivity index (χ2n) is 5.16. The Morgan fingerprint density at radius 1 is 1.30 bits per heavy atom. The van der Waals surface area contributed by atoms with Crippen molar-refractivity contribution in [1.82, 2.24) is 0 Å². The first kappa shape index (κ1) is 15.8. The summed E-state index contributed by atoms with van der Waals surface area (Å²) in [6.45, 7) is 1.42. The fourth-order valence-corrected chi connectivity index (χ4v) is 2.87. The molecule has 7 heteroatoms. The third-order valence-electron chi connectivity index (χ3n) is 3.50. The van der Waals surface area contributed by atoms with Gasteiger partial charge in [0.25, 0.3) is 17.4 Å². The molecule has 1 unspecified atom stereocenters. The summed E-state index contributed by atoms with van der Waals surface area (Å²) in [5.74, 6) is -0.706. The number of halogens is 2. The molecule has 0 aliphatic carbocycles. The summed E-state index contributed by atoms with van der Waals surface area (Å²) < 4.78 is 6.44.